The molecule has 0 amide bonds. The van der Waals surface area contributed by atoms with E-state index in [0.29, 0.717) is 51.1 Å². The third-order valence-corrected chi connectivity index (χ3v) is 4.47. The molecule has 1 unspecified atom stereocenters. The van der Waals surface area contributed by atoms with Gasteiger partial charge in [-0.25, -0.2) is 0 Å². The lowest BCUT2D eigenvalue weighted by molar-refractivity contribution is -0.146. The molecule has 0 radical (unpaired) electrons. The first-order valence-electron chi connectivity index (χ1n) is 11.2. The van der Waals surface area contributed by atoms with Crippen molar-refractivity contribution in [2.75, 3.05) is 39.6 Å². The first kappa shape index (κ1) is 26.4. The van der Waals surface area contributed by atoms with Crippen LogP contribution in [0.4, 0.5) is 0 Å². The summed E-state index contributed by atoms with van der Waals surface area (Å²) in [5, 5.41) is 10.1. The smallest absolute Gasteiger partial charge is 0.309 e. The predicted octanol–water partition coefficient (Wildman–Crippen LogP) is 4.02. The van der Waals surface area contributed by atoms with Crippen LogP contribution in [-0.2, 0) is 25.6 Å². The van der Waals surface area contributed by atoms with Crippen molar-refractivity contribution in [2.45, 2.75) is 33.0 Å². The van der Waals surface area contributed by atoms with Crippen LogP contribution >= 0.6 is 0 Å². The lowest BCUT2D eigenvalue weighted by Gasteiger charge is -2.15. The summed E-state index contributed by atoms with van der Waals surface area (Å²) >= 11 is 0. The Bertz CT molecular complexity index is 836. The van der Waals surface area contributed by atoms with Crippen molar-refractivity contribution in [2.24, 2.45) is 0 Å². The summed E-state index contributed by atoms with van der Waals surface area (Å²) in [7, 11) is 0. The second kappa shape index (κ2) is 15.9. The summed E-state index contributed by atoms with van der Waals surface area (Å²) in [5.41, 5.74) is 1.70. The Morgan fingerprint density at radius 3 is 2.24 bits per heavy atom. The van der Waals surface area contributed by atoms with Crippen LogP contribution in [0.15, 0.2) is 54.6 Å². The van der Waals surface area contributed by atoms with Crippen molar-refractivity contribution in [3.63, 3.8) is 0 Å². The first-order chi connectivity index (χ1) is 16.1. The molecule has 180 valence electrons. The highest BCUT2D eigenvalue weighted by Crippen LogP contribution is 2.29. The minimum Gasteiger partial charge on any atom is -0.487 e. The van der Waals surface area contributed by atoms with Crippen molar-refractivity contribution >= 4 is 12.0 Å². The van der Waals surface area contributed by atoms with E-state index in [0.717, 1.165) is 11.1 Å². The number of carbonyl (C=O) groups excluding carboxylic acids is 1. The molecule has 0 saturated heterocycles. The van der Waals surface area contributed by atoms with E-state index < -0.39 is 12.1 Å². The molecule has 33 heavy (non-hydrogen) atoms. The molecule has 1 atom stereocenters. The predicted molar refractivity (Wildman–Crippen MR) is 126 cm³/mol. The number of esters is 1. The fourth-order valence-corrected chi connectivity index (χ4v) is 2.83. The zero-order valence-electron chi connectivity index (χ0n) is 19.4. The van der Waals surface area contributed by atoms with Gasteiger partial charge in [0.2, 0.25) is 0 Å². The van der Waals surface area contributed by atoms with Gasteiger partial charge < -0.3 is 28.8 Å². The zero-order chi connectivity index (χ0) is 23.7. The topological polar surface area (TPSA) is 83.5 Å². The van der Waals surface area contributed by atoms with Crippen LogP contribution in [0.2, 0.25) is 0 Å². The first-order valence-corrected chi connectivity index (χ1v) is 11.2. The molecule has 0 aromatic heterocycles. The van der Waals surface area contributed by atoms with Crippen LogP contribution in [0.1, 0.15) is 31.4 Å². The minimum atomic E-state index is -0.920. The molecule has 2 rings (SSSR count). The van der Waals surface area contributed by atoms with E-state index in [4.69, 9.17) is 23.7 Å². The number of aliphatic hydroxyl groups is 1. The molecule has 2 aromatic rings. The quantitative estimate of drug-likeness (QED) is 0.300. The average Bonchev–Trinajstić information content (AvgIpc) is 2.83. The van der Waals surface area contributed by atoms with E-state index >= 15 is 0 Å². The average molecular weight is 459 g/mol. The molecule has 7 heteroatoms. The molecule has 0 spiro atoms. The second-order valence-electron chi connectivity index (χ2n) is 7.07. The zero-order valence-corrected chi connectivity index (χ0v) is 19.4. The highest BCUT2D eigenvalue weighted by Gasteiger charge is 2.12. The van der Waals surface area contributed by atoms with Gasteiger partial charge in [0.05, 0.1) is 25.7 Å². The summed E-state index contributed by atoms with van der Waals surface area (Å²) < 4.78 is 27.5. The molecular formula is C26H34O7. The molecule has 2 aromatic carbocycles. The van der Waals surface area contributed by atoms with Crippen molar-refractivity contribution in [1.29, 1.82) is 0 Å². The Morgan fingerprint density at radius 1 is 0.909 bits per heavy atom. The monoisotopic (exact) mass is 458 g/mol. The highest BCUT2D eigenvalue weighted by molar-refractivity contribution is 5.70. The van der Waals surface area contributed by atoms with Crippen LogP contribution in [0.3, 0.4) is 0 Å². The largest absolute Gasteiger partial charge is 0.487 e. The molecular weight excluding hydrogens is 424 g/mol. The SMILES string of the molecule is CCOCCOc1ccc(COC(=O)CC(O)/C=C/c2ccccc2)cc1OCCOCC. The van der Waals surface area contributed by atoms with Crippen molar-refractivity contribution in [1.82, 2.24) is 0 Å². The fraction of sp³-hybridized carbons (Fsp3) is 0.423. The van der Waals surface area contributed by atoms with Gasteiger partial charge in [0, 0.05) is 13.2 Å². The van der Waals surface area contributed by atoms with Crippen molar-refractivity contribution < 1.29 is 33.6 Å². The summed E-state index contributed by atoms with van der Waals surface area (Å²) in [6.07, 6.45) is 2.31. The van der Waals surface area contributed by atoms with E-state index in [9.17, 15) is 9.90 Å². The normalized spacial score (nSPS) is 12.0. The van der Waals surface area contributed by atoms with Crippen LogP contribution < -0.4 is 9.47 Å². The van der Waals surface area contributed by atoms with Gasteiger partial charge in [-0.05, 0) is 37.1 Å². The number of benzene rings is 2. The minimum absolute atomic E-state index is 0.0645. The van der Waals surface area contributed by atoms with Crippen LogP contribution in [0.25, 0.3) is 6.08 Å². The van der Waals surface area contributed by atoms with E-state index in [2.05, 4.69) is 0 Å². The summed E-state index contributed by atoms with van der Waals surface area (Å²) in [4.78, 5) is 12.1. The lowest BCUT2D eigenvalue weighted by Crippen LogP contribution is -2.14. The Labute approximate surface area is 195 Å². The molecule has 0 aliphatic carbocycles. The Morgan fingerprint density at radius 2 is 1.58 bits per heavy atom. The molecule has 1 N–H and O–H groups in total. The number of aliphatic hydroxyl groups excluding tert-OH is 1. The van der Waals surface area contributed by atoms with Gasteiger partial charge in [0.25, 0.3) is 0 Å². The van der Waals surface area contributed by atoms with Crippen LogP contribution in [-0.4, -0.2) is 56.8 Å². The Balaban J connectivity index is 1.87. The van der Waals surface area contributed by atoms with Gasteiger partial charge in [-0.2, -0.15) is 0 Å². The van der Waals surface area contributed by atoms with Gasteiger partial charge in [0.15, 0.2) is 11.5 Å². The van der Waals surface area contributed by atoms with E-state index in [1.165, 1.54) is 0 Å². The molecule has 0 aliphatic heterocycles. The summed E-state index contributed by atoms with van der Waals surface area (Å²) in [5.74, 6) is 0.643. The number of carbonyl (C=O) groups is 1. The Hall–Kier alpha value is -2.87. The Kier molecular flexibility index (Phi) is 12.7. The van der Waals surface area contributed by atoms with Gasteiger partial charge in [0.1, 0.15) is 19.8 Å². The summed E-state index contributed by atoms with van der Waals surface area (Å²) in [6.45, 7) is 6.87. The molecule has 0 saturated carbocycles. The number of rotatable bonds is 16. The van der Waals surface area contributed by atoms with Gasteiger partial charge in [-0.15, -0.1) is 0 Å². The fourth-order valence-electron chi connectivity index (χ4n) is 2.83. The van der Waals surface area contributed by atoms with Gasteiger partial charge in [-0.1, -0.05) is 48.6 Å². The maximum absolute atomic E-state index is 12.1. The second-order valence-corrected chi connectivity index (χ2v) is 7.07. The van der Waals surface area contributed by atoms with Crippen molar-refractivity contribution in [3.8, 4) is 11.5 Å². The number of ether oxygens (including phenoxy) is 5. The van der Waals surface area contributed by atoms with Crippen LogP contribution in [0.5, 0.6) is 11.5 Å². The lowest BCUT2D eigenvalue weighted by atomic mass is 10.1. The third-order valence-electron chi connectivity index (χ3n) is 4.47. The van der Waals surface area contributed by atoms with E-state index in [1.807, 2.05) is 50.2 Å². The number of hydrogen-bond acceptors (Lipinski definition) is 7. The number of hydrogen-bond donors (Lipinski definition) is 1. The summed E-state index contributed by atoms with van der Waals surface area (Å²) in [6, 6.07) is 14.9. The van der Waals surface area contributed by atoms with Gasteiger partial charge >= 0.3 is 5.97 Å². The molecule has 0 bridgehead atoms. The molecule has 0 aliphatic rings. The van der Waals surface area contributed by atoms with Crippen molar-refractivity contribution in [3.05, 3.63) is 65.7 Å². The molecule has 0 heterocycles. The molecule has 0 fully saturated rings. The van der Waals surface area contributed by atoms with E-state index in [-0.39, 0.29) is 13.0 Å². The third kappa shape index (κ3) is 11.0. The van der Waals surface area contributed by atoms with Gasteiger partial charge in [-0.3, -0.25) is 4.79 Å². The standard InChI is InChI=1S/C26H34O7/c1-3-29-14-16-31-24-13-11-22(18-25(24)32-17-15-30-4-2)20-33-26(28)19-23(27)12-10-21-8-6-5-7-9-21/h5-13,18,23,27H,3-4,14-17,19-20H2,1-2H3/b12-10+. The maximum atomic E-state index is 12.1. The maximum Gasteiger partial charge on any atom is 0.309 e. The van der Waals surface area contributed by atoms with Crippen LogP contribution in [0, 0.1) is 0 Å². The van der Waals surface area contributed by atoms with E-state index in [1.54, 1.807) is 24.3 Å². The highest BCUT2D eigenvalue weighted by atomic mass is 16.6. The molecule has 7 nitrogen and oxygen atoms in total.